The summed E-state index contributed by atoms with van der Waals surface area (Å²) >= 11 is 0. The van der Waals surface area contributed by atoms with Crippen LogP contribution in [-0.2, 0) is 17.6 Å². The summed E-state index contributed by atoms with van der Waals surface area (Å²) < 4.78 is 26.4. The minimum atomic E-state index is -0.924. The maximum absolute atomic E-state index is 13.3. The van der Waals surface area contributed by atoms with Gasteiger partial charge in [0.05, 0.1) is 0 Å². The second-order valence-electron chi connectivity index (χ2n) is 3.65. The highest BCUT2D eigenvalue weighted by Crippen LogP contribution is 2.17. The van der Waals surface area contributed by atoms with E-state index in [1.807, 2.05) is 6.92 Å². The molecule has 0 spiro atoms. The minimum absolute atomic E-state index is 0.0303. The fraction of sp³-hybridized carbons (Fsp3) is 0.417. The van der Waals surface area contributed by atoms with E-state index in [9.17, 15) is 13.6 Å². The SMILES string of the molecule is CCc1cc(F)c(F)c(CCCC(=O)O)c1. The summed E-state index contributed by atoms with van der Waals surface area (Å²) in [5, 5.41) is 8.45. The number of carboxylic acid groups (broad SMARTS) is 1. The summed E-state index contributed by atoms with van der Waals surface area (Å²) in [5.41, 5.74) is 0.988. The van der Waals surface area contributed by atoms with Crippen molar-refractivity contribution in [3.8, 4) is 0 Å². The van der Waals surface area contributed by atoms with Gasteiger partial charge in [-0.1, -0.05) is 13.0 Å². The lowest BCUT2D eigenvalue weighted by Crippen LogP contribution is -2.00. The summed E-state index contributed by atoms with van der Waals surface area (Å²) in [4.78, 5) is 10.3. The van der Waals surface area contributed by atoms with Crippen LogP contribution in [-0.4, -0.2) is 11.1 Å². The third-order valence-electron chi connectivity index (χ3n) is 2.41. The van der Waals surface area contributed by atoms with Gasteiger partial charge in [-0.05, 0) is 36.5 Å². The number of carbonyl (C=O) groups is 1. The van der Waals surface area contributed by atoms with Crippen molar-refractivity contribution in [2.45, 2.75) is 32.6 Å². The molecule has 1 aromatic carbocycles. The van der Waals surface area contributed by atoms with Crippen LogP contribution in [0, 0.1) is 11.6 Å². The van der Waals surface area contributed by atoms with Crippen molar-refractivity contribution in [3.63, 3.8) is 0 Å². The Morgan fingerprint density at radius 1 is 1.38 bits per heavy atom. The highest BCUT2D eigenvalue weighted by atomic mass is 19.2. The highest BCUT2D eigenvalue weighted by molar-refractivity contribution is 5.66. The molecule has 0 unspecified atom stereocenters. The molecule has 1 rings (SSSR count). The fourth-order valence-electron chi connectivity index (χ4n) is 1.52. The van der Waals surface area contributed by atoms with Crippen molar-refractivity contribution in [1.82, 2.24) is 0 Å². The maximum atomic E-state index is 13.3. The Kier molecular flexibility index (Phi) is 4.40. The predicted molar refractivity (Wildman–Crippen MR) is 56.3 cm³/mol. The molecule has 0 aliphatic carbocycles. The van der Waals surface area contributed by atoms with Gasteiger partial charge in [-0.25, -0.2) is 8.78 Å². The Labute approximate surface area is 92.9 Å². The molecule has 2 nitrogen and oxygen atoms in total. The number of carboxylic acids is 1. The van der Waals surface area contributed by atoms with Gasteiger partial charge in [-0.2, -0.15) is 0 Å². The largest absolute Gasteiger partial charge is 0.481 e. The molecule has 1 N–H and O–H groups in total. The molecule has 0 aromatic heterocycles. The quantitative estimate of drug-likeness (QED) is 0.841. The molecule has 0 amide bonds. The summed E-state index contributed by atoms with van der Waals surface area (Å²) in [6, 6.07) is 2.77. The monoisotopic (exact) mass is 228 g/mol. The molecule has 88 valence electrons. The Bertz CT molecular complexity index is 389. The van der Waals surface area contributed by atoms with E-state index in [1.54, 1.807) is 6.07 Å². The molecule has 0 saturated carbocycles. The number of aliphatic carboxylic acids is 1. The lowest BCUT2D eigenvalue weighted by Gasteiger charge is -2.06. The molecule has 0 fully saturated rings. The van der Waals surface area contributed by atoms with Gasteiger partial charge in [0.2, 0.25) is 0 Å². The molecule has 0 heterocycles. The first-order chi connectivity index (χ1) is 7.54. The van der Waals surface area contributed by atoms with Crippen LogP contribution in [0.1, 0.15) is 30.9 Å². The summed E-state index contributed by atoms with van der Waals surface area (Å²) in [5.74, 6) is -2.64. The van der Waals surface area contributed by atoms with Crippen LogP contribution in [0.3, 0.4) is 0 Å². The molecule has 16 heavy (non-hydrogen) atoms. The zero-order valence-electron chi connectivity index (χ0n) is 9.09. The Morgan fingerprint density at radius 2 is 2.06 bits per heavy atom. The fourth-order valence-corrected chi connectivity index (χ4v) is 1.52. The summed E-state index contributed by atoms with van der Waals surface area (Å²) in [6.07, 6.45) is 1.17. The average molecular weight is 228 g/mol. The zero-order chi connectivity index (χ0) is 12.1. The third kappa shape index (κ3) is 3.29. The standard InChI is InChI=1S/C12H14F2O2/c1-2-8-6-9(4-3-5-11(15)16)12(14)10(13)7-8/h6-7H,2-5H2,1H3,(H,15,16). The van der Waals surface area contributed by atoms with E-state index in [-0.39, 0.29) is 18.4 Å². The van der Waals surface area contributed by atoms with Crippen molar-refractivity contribution in [1.29, 1.82) is 0 Å². The molecule has 0 radical (unpaired) electrons. The van der Waals surface area contributed by atoms with E-state index in [0.717, 1.165) is 5.56 Å². The molecule has 1 aromatic rings. The van der Waals surface area contributed by atoms with Crippen LogP contribution in [0.15, 0.2) is 12.1 Å². The first-order valence-electron chi connectivity index (χ1n) is 5.23. The Morgan fingerprint density at radius 3 is 2.62 bits per heavy atom. The summed E-state index contributed by atoms with van der Waals surface area (Å²) in [7, 11) is 0. The number of hydrogen-bond acceptors (Lipinski definition) is 1. The first-order valence-corrected chi connectivity index (χ1v) is 5.23. The number of aryl methyl sites for hydroxylation is 2. The second-order valence-corrected chi connectivity index (χ2v) is 3.65. The van der Waals surface area contributed by atoms with Gasteiger partial charge in [0.1, 0.15) is 0 Å². The molecule has 0 atom stereocenters. The van der Waals surface area contributed by atoms with Gasteiger partial charge in [0, 0.05) is 6.42 Å². The van der Waals surface area contributed by atoms with Gasteiger partial charge < -0.3 is 5.11 Å². The molecule has 0 bridgehead atoms. The van der Waals surface area contributed by atoms with E-state index >= 15 is 0 Å². The lowest BCUT2D eigenvalue weighted by atomic mass is 10.0. The van der Waals surface area contributed by atoms with E-state index in [2.05, 4.69) is 0 Å². The van der Waals surface area contributed by atoms with Crippen LogP contribution >= 0.6 is 0 Å². The average Bonchev–Trinajstić information content (AvgIpc) is 2.23. The topological polar surface area (TPSA) is 37.3 Å². The smallest absolute Gasteiger partial charge is 0.303 e. The van der Waals surface area contributed by atoms with E-state index in [0.29, 0.717) is 12.8 Å². The normalized spacial score (nSPS) is 10.4. The summed E-state index contributed by atoms with van der Waals surface area (Å²) in [6.45, 7) is 1.85. The number of rotatable bonds is 5. The number of benzene rings is 1. The lowest BCUT2D eigenvalue weighted by molar-refractivity contribution is -0.137. The molecular formula is C12H14F2O2. The van der Waals surface area contributed by atoms with E-state index < -0.39 is 17.6 Å². The number of hydrogen-bond donors (Lipinski definition) is 1. The van der Waals surface area contributed by atoms with Crippen molar-refractivity contribution < 1.29 is 18.7 Å². The van der Waals surface area contributed by atoms with Crippen LogP contribution < -0.4 is 0 Å². The van der Waals surface area contributed by atoms with Gasteiger partial charge in [-0.3, -0.25) is 4.79 Å². The van der Waals surface area contributed by atoms with Crippen LogP contribution in [0.2, 0.25) is 0 Å². The van der Waals surface area contributed by atoms with Gasteiger partial charge in [0.15, 0.2) is 11.6 Å². The second kappa shape index (κ2) is 5.58. The third-order valence-corrected chi connectivity index (χ3v) is 2.41. The maximum Gasteiger partial charge on any atom is 0.303 e. The molecule has 4 heteroatoms. The van der Waals surface area contributed by atoms with E-state index in [4.69, 9.17) is 5.11 Å². The molecule has 0 aliphatic heterocycles. The minimum Gasteiger partial charge on any atom is -0.481 e. The van der Waals surface area contributed by atoms with E-state index in [1.165, 1.54) is 6.07 Å². The van der Waals surface area contributed by atoms with Crippen LogP contribution in [0.25, 0.3) is 0 Å². The Balaban J connectivity index is 2.78. The highest BCUT2D eigenvalue weighted by Gasteiger charge is 2.10. The molecule has 0 saturated heterocycles. The molecule has 0 aliphatic rings. The van der Waals surface area contributed by atoms with Gasteiger partial charge in [-0.15, -0.1) is 0 Å². The van der Waals surface area contributed by atoms with Crippen molar-refractivity contribution in [2.24, 2.45) is 0 Å². The van der Waals surface area contributed by atoms with Crippen molar-refractivity contribution >= 4 is 5.97 Å². The number of halogens is 2. The first kappa shape index (κ1) is 12.6. The van der Waals surface area contributed by atoms with Crippen molar-refractivity contribution in [2.75, 3.05) is 0 Å². The van der Waals surface area contributed by atoms with Crippen LogP contribution in [0.5, 0.6) is 0 Å². The van der Waals surface area contributed by atoms with Gasteiger partial charge in [0.25, 0.3) is 0 Å². The van der Waals surface area contributed by atoms with Crippen LogP contribution in [0.4, 0.5) is 8.78 Å². The zero-order valence-corrected chi connectivity index (χ0v) is 9.09. The van der Waals surface area contributed by atoms with Gasteiger partial charge >= 0.3 is 5.97 Å². The van der Waals surface area contributed by atoms with Crippen molar-refractivity contribution in [3.05, 3.63) is 34.9 Å². The predicted octanol–water partition coefficient (Wildman–Crippen LogP) is 2.93. The molecular weight excluding hydrogens is 214 g/mol. The Hall–Kier alpha value is -1.45.